The first-order chi connectivity index (χ1) is 14.5. The second-order valence-electron chi connectivity index (χ2n) is 6.60. The van der Waals surface area contributed by atoms with Gasteiger partial charge in [-0.05, 0) is 42.5 Å². The average Bonchev–Trinajstić information content (AvgIpc) is 3.10. The topological polar surface area (TPSA) is 55.0 Å². The number of aromatic amines is 1. The van der Waals surface area contributed by atoms with Crippen LogP contribution >= 0.6 is 34.7 Å². The van der Waals surface area contributed by atoms with Crippen molar-refractivity contribution in [3.63, 3.8) is 0 Å². The molecule has 2 aromatic heterocycles. The summed E-state index contributed by atoms with van der Waals surface area (Å²) in [6.07, 6.45) is 3.77. The first-order valence-corrected chi connectivity index (χ1v) is 11.6. The molecule has 0 saturated carbocycles. The van der Waals surface area contributed by atoms with Gasteiger partial charge in [0.15, 0.2) is 5.82 Å². The Balaban J connectivity index is 1.79. The summed E-state index contributed by atoms with van der Waals surface area (Å²) in [5, 5.41) is 0.961. The second-order valence-corrected chi connectivity index (χ2v) is 9.06. The SMILES string of the molecule is COc1cc(/C=C(/Cl)c2nc3sc(C)c(-c4ccccc4)c3c(=O)[nH]2)ccc1SC. The van der Waals surface area contributed by atoms with Crippen molar-refractivity contribution in [3.05, 3.63) is 75.1 Å². The van der Waals surface area contributed by atoms with Crippen molar-refractivity contribution >= 4 is 56.0 Å². The number of benzene rings is 2. The molecule has 0 saturated heterocycles. The van der Waals surface area contributed by atoms with Crippen LogP contribution in [0.15, 0.2) is 58.2 Å². The molecular formula is C23H19ClN2O2S2. The summed E-state index contributed by atoms with van der Waals surface area (Å²) < 4.78 is 5.43. The van der Waals surface area contributed by atoms with Gasteiger partial charge in [-0.15, -0.1) is 23.1 Å². The maximum atomic E-state index is 13.0. The fraction of sp³-hybridized carbons (Fsp3) is 0.130. The Bertz CT molecular complexity index is 1310. The molecule has 0 amide bonds. The minimum atomic E-state index is -0.194. The number of hydrogen-bond acceptors (Lipinski definition) is 5. The first kappa shape index (κ1) is 20.7. The number of aromatic nitrogens is 2. The molecular weight excluding hydrogens is 436 g/mol. The van der Waals surface area contributed by atoms with E-state index in [2.05, 4.69) is 9.97 Å². The van der Waals surface area contributed by atoms with Crippen molar-refractivity contribution in [3.8, 4) is 16.9 Å². The number of nitrogens with zero attached hydrogens (tertiary/aromatic N) is 1. The zero-order valence-electron chi connectivity index (χ0n) is 16.7. The lowest BCUT2D eigenvalue weighted by molar-refractivity contribution is 0.405. The monoisotopic (exact) mass is 454 g/mol. The molecule has 4 aromatic rings. The van der Waals surface area contributed by atoms with E-state index in [0.717, 1.165) is 32.2 Å². The molecule has 4 rings (SSSR count). The predicted octanol–water partition coefficient (Wildman–Crippen LogP) is 6.43. The van der Waals surface area contributed by atoms with Gasteiger partial charge < -0.3 is 9.72 Å². The Hall–Kier alpha value is -2.54. The van der Waals surface area contributed by atoms with Crippen LogP contribution in [-0.2, 0) is 0 Å². The summed E-state index contributed by atoms with van der Waals surface area (Å²) in [7, 11) is 1.64. The highest BCUT2D eigenvalue weighted by Crippen LogP contribution is 2.36. The number of hydrogen-bond donors (Lipinski definition) is 1. The Morgan fingerprint density at radius 3 is 2.70 bits per heavy atom. The summed E-state index contributed by atoms with van der Waals surface area (Å²) in [5.74, 6) is 1.13. The van der Waals surface area contributed by atoms with Crippen LogP contribution < -0.4 is 10.3 Å². The van der Waals surface area contributed by atoms with E-state index < -0.39 is 0 Å². The Labute approximate surface area is 187 Å². The number of halogens is 1. The first-order valence-electron chi connectivity index (χ1n) is 9.20. The molecule has 2 heterocycles. The van der Waals surface area contributed by atoms with E-state index >= 15 is 0 Å². The molecule has 7 heteroatoms. The fourth-order valence-electron chi connectivity index (χ4n) is 3.34. The van der Waals surface area contributed by atoms with Gasteiger partial charge >= 0.3 is 0 Å². The highest BCUT2D eigenvalue weighted by molar-refractivity contribution is 7.98. The van der Waals surface area contributed by atoms with Gasteiger partial charge in [0.25, 0.3) is 5.56 Å². The maximum Gasteiger partial charge on any atom is 0.260 e. The van der Waals surface area contributed by atoms with E-state index in [9.17, 15) is 4.79 Å². The smallest absolute Gasteiger partial charge is 0.260 e. The number of fused-ring (bicyclic) bond motifs is 1. The molecule has 4 nitrogen and oxygen atoms in total. The number of thioether (sulfide) groups is 1. The van der Waals surface area contributed by atoms with E-state index in [0.29, 0.717) is 21.1 Å². The summed E-state index contributed by atoms with van der Waals surface area (Å²) in [5.41, 5.74) is 2.60. The number of rotatable bonds is 5. The number of H-pyrrole nitrogens is 1. The number of ether oxygens (including phenoxy) is 1. The highest BCUT2D eigenvalue weighted by atomic mass is 35.5. The third-order valence-electron chi connectivity index (χ3n) is 4.73. The van der Waals surface area contributed by atoms with Gasteiger partial charge in [-0.1, -0.05) is 48.0 Å². The zero-order valence-corrected chi connectivity index (χ0v) is 19.0. The molecule has 0 bridgehead atoms. The van der Waals surface area contributed by atoms with Crippen LogP contribution in [0.3, 0.4) is 0 Å². The molecule has 0 atom stereocenters. The summed E-state index contributed by atoms with van der Waals surface area (Å²) >= 11 is 9.64. The summed E-state index contributed by atoms with van der Waals surface area (Å²) in [6.45, 7) is 2.00. The van der Waals surface area contributed by atoms with Crippen LogP contribution in [0.2, 0.25) is 0 Å². The van der Waals surface area contributed by atoms with Gasteiger partial charge in [0, 0.05) is 15.3 Å². The molecule has 30 heavy (non-hydrogen) atoms. The van der Waals surface area contributed by atoms with Gasteiger partial charge in [-0.3, -0.25) is 4.79 Å². The van der Waals surface area contributed by atoms with Crippen molar-refractivity contribution < 1.29 is 4.74 Å². The quantitative estimate of drug-likeness (QED) is 0.353. The third-order valence-corrected chi connectivity index (χ3v) is 6.79. The zero-order chi connectivity index (χ0) is 21.3. The fourth-order valence-corrected chi connectivity index (χ4v) is 5.15. The lowest BCUT2D eigenvalue weighted by atomic mass is 10.0. The normalized spacial score (nSPS) is 11.8. The van der Waals surface area contributed by atoms with Gasteiger partial charge in [0.2, 0.25) is 0 Å². The number of nitrogens with one attached hydrogen (secondary N) is 1. The molecule has 0 fully saturated rings. The Kier molecular flexibility index (Phi) is 5.99. The largest absolute Gasteiger partial charge is 0.496 e. The van der Waals surface area contributed by atoms with Gasteiger partial charge in [0.05, 0.1) is 17.5 Å². The van der Waals surface area contributed by atoms with Crippen LogP contribution in [0.4, 0.5) is 0 Å². The van der Waals surface area contributed by atoms with Crippen LogP contribution in [0.5, 0.6) is 5.75 Å². The van der Waals surface area contributed by atoms with Gasteiger partial charge in [-0.2, -0.15) is 0 Å². The summed E-state index contributed by atoms with van der Waals surface area (Å²) in [4.78, 5) is 23.2. The number of methoxy groups -OCH3 is 1. The minimum Gasteiger partial charge on any atom is -0.496 e. The number of aryl methyl sites for hydroxylation is 1. The predicted molar refractivity (Wildman–Crippen MR) is 129 cm³/mol. The standard InChI is InChI=1S/C23H19ClN2O2S2/c1-13-19(15-7-5-4-6-8-15)20-22(27)25-21(26-23(20)30-13)16(24)11-14-9-10-18(29-3)17(12-14)28-2/h4-12H,1-3H3,(H,25,26,27)/b16-11+. The van der Waals surface area contributed by atoms with Crippen molar-refractivity contribution in [2.24, 2.45) is 0 Å². The van der Waals surface area contributed by atoms with Crippen LogP contribution in [0.1, 0.15) is 16.3 Å². The molecule has 152 valence electrons. The maximum absolute atomic E-state index is 13.0. The van der Waals surface area contributed by atoms with Crippen LogP contribution in [0.25, 0.3) is 32.5 Å². The summed E-state index contributed by atoms with van der Waals surface area (Å²) in [6, 6.07) is 15.7. The van der Waals surface area contributed by atoms with Crippen molar-refractivity contribution in [1.29, 1.82) is 0 Å². The van der Waals surface area contributed by atoms with E-state index in [4.69, 9.17) is 16.3 Å². The molecule has 2 aromatic carbocycles. The van der Waals surface area contributed by atoms with Crippen molar-refractivity contribution in [2.45, 2.75) is 11.8 Å². The van der Waals surface area contributed by atoms with Crippen molar-refractivity contribution in [2.75, 3.05) is 13.4 Å². The Morgan fingerprint density at radius 1 is 1.23 bits per heavy atom. The molecule has 0 aliphatic heterocycles. The lowest BCUT2D eigenvalue weighted by Crippen LogP contribution is -2.10. The van der Waals surface area contributed by atoms with Crippen LogP contribution in [0, 0.1) is 6.92 Å². The van der Waals surface area contributed by atoms with E-state index in [1.807, 2.05) is 61.7 Å². The van der Waals surface area contributed by atoms with E-state index in [1.165, 1.54) is 11.3 Å². The second kappa shape index (κ2) is 8.68. The molecule has 0 unspecified atom stereocenters. The molecule has 1 N–H and O–H groups in total. The van der Waals surface area contributed by atoms with Crippen LogP contribution in [-0.4, -0.2) is 23.3 Å². The molecule has 0 aliphatic rings. The molecule has 0 radical (unpaired) electrons. The van der Waals surface area contributed by atoms with E-state index in [1.54, 1.807) is 24.9 Å². The van der Waals surface area contributed by atoms with Gasteiger partial charge in [0.1, 0.15) is 10.6 Å². The van der Waals surface area contributed by atoms with Crippen molar-refractivity contribution in [1.82, 2.24) is 9.97 Å². The molecule has 0 aliphatic carbocycles. The lowest BCUT2D eigenvalue weighted by Gasteiger charge is -2.07. The highest BCUT2D eigenvalue weighted by Gasteiger charge is 2.17. The minimum absolute atomic E-state index is 0.194. The van der Waals surface area contributed by atoms with E-state index in [-0.39, 0.29) is 5.56 Å². The van der Waals surface area contributed by atoms with Gasteiger partial charge in [-0.25, -0.2) is 4.98 Å². The average molecular weight is 455 g/mol. The molecule has 0 spiro atoms. The Morgan fingerprint density at radius 2 is 2.00 bits per heavy atom. The third kappa shape index (κ3) is 3.90. The number of thiophene rings is 1.